The molecule has 1 aliphatic rings. The van der Waals surface area contributed by atoms with Crippen LogP contribution in [0.15, 0.2) is 152 Å². The summed E-state index contributed by atoms with van der Waals surface area (Å²) in [4.78, 5) is 14.9. The van der Waals surface area contributed by atoms with Crippen molar-refractivity contribution in [3.05, 3.63) is 163 Å². The van der Waals surface area contributed by atoms with Gasteiger partial charge in [0.1, 0.15) is 0 Å². The Balaban J connectivity index is 1.29. The van der Waals surface area contributed by atoms with E-state index in [0.717, 1.165) is 22.3 Å². The molecule has 0 saturated carbocycles. The molecule has 0 radical (unpaired) electrons. The molecule has 1 heterocycles. The molecule has 0 spiro atoms. The first-order valence-electron chi connectivity index (χ1n) is 16.6. The zero-order valence-electron chi connectivity index (χ0n) is 27.8. The number of fused-ring (bicyclic) bond motifs is 3. The fourth-order valence-corrected chi connectivity index (χ4v) is 7.24. The minimum Gasteiger partial charge on any atom is -0.208 e. The first kappa shape index (κ1) is 29.7. The van der Waals surface area contributed by atoms with E-state index < -0.39 is 0 Å². The summed E-state index contributed by atoms with van der Waals surface area (Å²) >= 11 is 0. The van der Waals surface area contributed by atoms with Gasteiger partial charge in [-0.25, -0.2) is 15.0 Å². The highest BCUT2D eigenvalue weighted by Gasteiger charge is 2.46. The maximum absolute atomic E-state index is 5.00. The van der Waals surface area contributed by atoms with Crippen molar-refractivity contribution in [2.24, 2.45) is 0 Å². The number of aromatic nitrogens is 3. The van der Waals surface area contributed by atoms with Crippen molar-refractivity contribution in [1.29, 1.82) is 0 Å². The van der Waals surface area contributed by atoms with Crippen molar-refractivity contribution in [3.63, 3.8) is 0 Å². The SMILES string of the molecule is CC1(C)c2ccccc2-c2c(-c3ccccc3-c3cccc(-c4nc(-c5ccccc5)nc(-c5ccccc5)n4)c3)cccc2C1(C)C. The van der Waals surface area contributed by atoms with E-state index in [1.54, 1.807) is 0 Å². The molecule has 0 amide bonds. The van der Waals surface area contributed by atoms with Gasteiger partial charge in [-0.15, -0.1) is 0 Å². The third kappa shape index (κ3) is 4.86. The largest absolute Gasteiger partial charge is 0.208 e. The Labute approximate surface area is 283 Å². The molecule has 0 unspecified atom stereocenters. The van der Waals surface area contributed by atoms with Gasteiger partial charge < -0.3 is 0 Å². The Bertz CT molecular complexity index is 2230. The molecular formula is C45H37N3. The molecule has 8 rings (SSSR count). The smallest absolute Gasteiger partial charge is 0.164 e. The lowest BCUT2D eigenvalue weighted by atomic mass is 9.55. The summed E-state index contributed by atoms with van der Waals surface area (Å²) < 4.78 is 0. The average molecular weight is 620 g/mol. The Morgan fingerprint density at radius 3 is 1.40 bits per heavy atom. The highest BCUT2D eigenvalue weighted by atomic mass is 15.0. The van der Waals surface area contributed by atoms with E-state index in [4.69, 9.17) is 15.0 Å². The van der Waals surface area contributed by atoms with Gasteiger partial charge in [0.2, 0.25) is 0 Å². The van der Waals surface area contributed by atoms with Gasteiger partial charge in [-0.05, 0) is 61.4 Å². The van der Waals surface area contributed by atoms with Crippen LogP contribution in [-0.4, -0.2) is 15.0 Å². The monoisotopic (exact) mass is 619 g/mol. The van der Waals surface area contributed by atoms with Gasteiger partial charge >= 0.3 is 0 Å². The Kier molecular flexibility index (Phi) is 7.14. The fraction of sp³-hybridized carbons (Fsp3) is 0.133. The summed E-state index contributed by atoms with van der Waals surface area (Å²) in [6.07, 6.45) is 0. The third-order valence-electron chi connectivity index (χ3n) is 10.5. The average Bonchev–Trinajstić information content (AvgIpc) is 3.14. The molecule has 0 saturated heterocycles. The summed E-state index contributed by atoms with van der Waals surface area (Å²) in [6.45, 7) is 9.55. The molecule has 0 atom stereocenters. The molecule has 7 aromatic rings. The molecule has 48 heavy (non-hydrogen) atoms. The number of rotatable bonds is 5. The molecule has 0 N–H and O–H groups in total. The van der Waals surface area contributed by atoms with Gasteiger partial charge in [-0.1, -0.05) is 173 Å². The van der Waals surface area contributed by atoms with Crippen molar-refractivity contribution < 1.29 is 0 Å². The van der Waals surface area contributed by atoms with Crippen molar-refractivity contribution in [3.8, 4) is 67.5 Å². The lowest BCUT2D eigenvalue weighted by Gasteiger charge is -2.48. The fourth-order valence-electron chi connectivity index (χ4n) is 7.24. The van der Waals surface area contributed by atoms with Crippen LogP contribution in [0.2, 0.25) is 0 Å². The molecule has 1 aliphatic carbocycles. The predicted molar refractivity (Wildman–Crippen MR) is 198 cm³/mol. The number of hydrogen-bond acceptors (Lipinski definition) is 3. The normalized spacial score (nSPS) is 14.2. The van der Waals surface area contributed by atoms with Gasteiger partial charge in [0.25, 0.3) is 0 Å². The van der Waals surface area contributed by atoms with E-state index >= 15 is 0 Å². The zero-order valence-corrected chi connectivity index (χ0v) is 27.8. The van der Waals surface area contributed by atoms with E-state index in [9.17, 15) is 0 Å². The summed E-state index contributed by atoms with van der Waals surface area (Å²) in [5.74, 6) is 1.97. The third-order valence-corrected chi connectivity index (χ3v) is 10.5. The predicted octanol–water partition coefficient (Wildman–Crippen LogP) is 11.4. The lowest BCUT2D eigenvalue weighted by Crippen LogP contribution is -2.43. The van der Waals surface area contributed by atoms with Gasteiger partial charge in [0, 0.05) is 16.7 Å². The summed E-state index contributed by atoms with van der Waals surface area (Å²) in [6, 6.07) is 53.4. The molecule has 232 valence electrons. The van der Waals surface area contributed by atoms with Crippen LogP contribution in [-0.2, 0) is 10.8 Å². The van der Waals surface area contributed by atoms with Crippen LogP contribution in [0.1, 0.15) is 38.8 Å². The van der Waals surface area contributed by atoms with Gasteiger partial charge in [-0.3, -0.25) is 0 Å². The molecule has 0 aliphatic heterocycles. The van der Waals surface area contributed by atoms with Crippen molar-refractivity contribution in [2.75, 3.05) is 0 Å². The van der Waals surface area contributed by atoms with Crippen molar-refractivity contribution in [1.82, 2.24) is 15.0 Å². The molecule has 0 fully saturated rings. The zero-order chi connectivity index (χ0) is 32.9. The van der Waals surface area contributed by atoms with E-state index in [1.165, 1.54) is 38.9 Å². The Morgan fingerprint density at radius 2 is 0.750 bits per heavy atom. The summed E-state index contributed by atoms with van der Waals surface area (Å²) in [5.41, 5.74) is 13.0. The second-order valence-corrected chi connectivity index (χ2v) is 13.7. The summed E-state index contributed by atoms with van der Waals surface area (Å²) in [7, 11) is 0. The van der Waals surface area contributed by atoms with E-state index in [2.05, 4.69) is 119 Å². The van der Waals surface area contributed by atoms with Crippen molar-refractivity contribution in [2.45, 2.75) is 38.5 Å². The highest BCUT2D eigenvalue weighted by Crippen LogP contribution is 2.56. The minimum absolute atomic E-state index is 0.0230. The highest BCUT2D eigenvalue weighted by molar-refractivity contribution is 5.95. The van der Waals surface area contributed by atoms with Crippen LogP contribution in [0.4, 0.5) is 0 Å². The number of hydrogen-bond donors (Lipinski definition) is 0. The topological polar surface area (TPSA) is 38.7 Å². The molecular weight excluding hydrogens is 583 g/mol. The van der Waals surface area contributed by atoms with E-state index in [-0.39, 0.29) is 10.8 Å². The number of benzene rings is 6. The molecule has 6 aromatic carbocycles. The maximum Gasteiger partial charge on any atom is 0.164 e. The first-order chi connectivity index (χ1) is 23.3. The Morgan fingerprint density at radius 1 is 0.333 bits per heavy atom. The standard InChI is InChI=1S/C45H37N3/c1-44(2)38-27-14-13-25-37(38)40-36(26-16-28-39(40)45(44,3)4)35-24-12-11-23-34(35)32-21-15-22-33(29-32)43-47-41(30-17-7-5-8-18-30)46-42(48-43)31-19-9-6-10-20-31/h5-29H,1-4H3. The first-order valence-corrected chi connectivity index (χ1v) is 16.6. The van der Waals surface area contributed by atoms with Gasteiger partial charge in [-0.2, -0.15) is 0 Å². The summed E-state index contributed by atoms with van der Waals surface area (Å²) in [5, 5.41) is 0. The van der Waals surface area contributed by atoms with Gasteiger partial charge in [0.15, 0.2) is 17.5 Å². The molecule has 1 aromatic heterocycles. The van der Waals surface area contributed by atoms with E-state index in [1.807, 2.05) is 60.7 Å². The van der Waals surface area contributed by atoms with Crippen molar-refractivity contribution >= 4 is 0 Å². The number of nitrogens with zero attached hydrogens (tertiary/aromatic N) is 3. The van der Waals surface area contributed by atoms with Crippen LogP contribution in [0, 0.1) is 0 Å². The molecule has 3 heteroatoms. The maximum atomic E-state index is 5.00. The Hall–Kier alpha value is -5.67. The minimum atomic E-state index is -0.0623. The lowest BCUT2D eigenvalue weighted by molar-refractivity contribution is 0.299. The molecule has 3 nitrogen and oxygen atoms in total. The van der Waals surface area contributed by atoms with Crippen LogP contribution in [0.25, 0.3) is 67.5 Å². The van der Waals surface area contributed by atoms with Gasteiger partial charge in [0.05, 0.1) is 0 Å². The quantitative estimate of drug-likeness (QED) is 0.192. The van der Waals surface area contributed by atoms with Crippen LogP contribution in [0.3, 0.4) is 0 Å². The van der Waals surface area contributed by atoms with Crippen LogP contribution >= 0.6 is 0 Å². The second kappa shape index (κ2) is 11.5. The van der Waals surface area contributed by atoms with Crippen LogP contribution in [0.5, 0.6) is 0 Å². The van der Waals surface area contributed by atoms with E-state index in [0.29, 0.717) is 17.5 Å². The van der Waals surface area contributed by atoms with Crippen LogP contribution < -0.4 is 0 Å². The molecule has 0 bridgehead atoms. The second-order valence-electron chi connectivity index (χ2n) is 13.7.